The molecule has 2 atom stereocenters. The van der Waals surface area contributed by atoms with Gasteiger partial charge in [-0.3, -0.25) is 4.79 Å². The zero-order valence-electron chi connectivity index (χ0n) is 10.6. The van der Waals surface area contributed by atoms with Gasteiger partial charge in [0.25, 0.3) is 5.91 Å². The third kappa shape index (κ3) is 2.96. The summed E-state index contributed by atoms with van der Waals surface area (Å²) < 4.78 is 0. The zero-order valence-corrected chi connectivity index (χ0v) is 11.3. The fourth-order valence-corrected chi connectivity index (χ4v) is 2.63. The lowest BCUT2D eigenvalue weighted by molar-refractivity contribution is 0.0910. The number of hydrogen-bond donors (Lipinski definition) is 2. The summed E-state index contributed by atoms with van der Waals surface area (Å²) >= 11 is 5.92. The first kappa shape index (κ1) is 13.2. The Kier molecular flexibility index (Phi) is 4.12. The number of carbonyl (C=O) groups excluding carboxylic acids is 1. The van der Waals surface area contributed by atoms with Crippen molar-refractivity contribution in [2.75, 3.05) is 5.73 Å². The van der Waals surface area contributed by atoms with Gasteiger partial charge >= 0.3 is 0 Å². The summed E-state index contributed by atoms with van der Waals surface area (Å²) in [5.41, 5.74) is 6.71. The Balaban J connectivity index is 2.04. The molecule has 1 amide bonds. The number of hydrogen-bond acceptors (Lipinski definition) is 2. The summed E-state index contributed by atoms with van der Waals surface area (Å²) in [7, 11) is 0. The lowest BCUT2D eigenvalue weighted by Crippen LogP contribution is -2.41. The van der Waals surface area contributed by atoms with Crippen LogP contribution in [0.15, 0.2) is 18.2 Å². The van der Waals surface area contributed by atoms with Crippen LogP contribution in [0.2, 0.25) is 5.02 Å². The van der Waals surface area contributed by atoms with Gasteiger partial charge in [-0.2, -0.15) is 0 Å². The number of amides is 1. The topological polar surface area (TPSA) is 55.1 Å². The molecule has 1 aromatic carbocycles. The molecule has 3 nitrogen and oxygen atoms in total. The smallest absolute Gasteiger partial charge is 0.251 e. The largest absolute Gasteiger partial charge is 0.398 e. The Bertz CT molecular complexity index is 447. The number of anilines is 1. The molecule has 1 aliphatic carbocycles. The first-order valence-electron chi connectivity index (χ1n) is 6.44. The maximum Gasteiger partial charge on any atom is 0.251 e. The highest BCUT2D eigenvalue weighted by Crippen LogP contribution is 2.24. The highest BCUT2D eigenvalue weighted by atomic mass is 35.5. The lowest BCUT2D eigenvalue weighted by atomic mass is 9.86. The Hall–Kier alpha value is -1.22. The van der Waals surface area contributed by atoms with Gasteiger partial charge in [-0.1, -0.05) is 31.4 Å². The first-order valence-corrected chi connectivity index (χ1v) is 6.81. The third-order valence-electron chi connectivity index (χ3n) is 3.69. The van der Waals surface area contributed by atoms with E-state index >= 15 is 0 Å². The normalized spacial score (nSPS) is 23.7. The minimum atomic E-state index is -0.0596. The second-order valence-corrected chi connectivity index (χ2v) is 5.49. The van der Waals surface area contributed by atoms with Crippen LogP contribution in [0.5, 0.6) is 0 Å². The molecule has 1 aromatic rings. The molecule has 1 fully saturated rings. The fraction of sp³-hybridized carbons (Fsp3) is 0.500. The Morgan fingerprint density at radius 3 is 2.78 bits per heavy atom. The van der Waals surface area contributed by atoms with E-state index in [0.29, 0.717) is 22.2 Å². The summed E-state index contributed by atoms with van der Waals surface area (Å²) in [6.45, 7) is 2.19. The average Bonchev–Trinajstić information content (AvgIpc) is 2.35. The van der Waals surface area contributed by atoms with E-state index in [4.69, 9.17) is 17.3 Å². The van der Waals surface area contributed by atoms with Gasteiger partial charge in [0.1, 0.15) is 0 Å². The average molecular weight is 267 g/mol. The molecular formula is C14H19ClN2O. The van der Waals surface area contributed by atoms with E-state index in [9.17, 15) is 4.79 Å². The third-order valence-corrected chi connectivity index (χ3v) is 4.02. The Morgan fingerprint density at radius 2 is 2.11 bits per heavy atom. The zero-order chi connectivity index (χ0) is 13.1. The van der Waals surface area contributed by atoms with E-state index in [1.54, 1.807) is 18.2 Å². The van der Waals surface area contributed by atoms with E-state index in [0.717, 1.165) is 6.42 Å². The molecule has 0 saturated heterocycles. The summed E-state index contributed by atoms with van der Waals surface area (Å²) in [6.07, 6.45) is 4.71. The molecule has 0 aromatic heterocycles. The van der Waals surface area contributed by atoms with Gasteiger partial charge in [0, 0.05) is 11.6 Å². The SMILES string of the molecule is CC1CCCCC1NC(=O)c1ccc(N)c(Cl)c1. The van der Waals surface area contributed by atoms with Crippen LogP contribution in [0.3, 0.4) is 0 Å². The number of benzene rings is 1. The second kappa shape index (κ2) is 5.61. The maximum absolute atomic E-state index is 12.1. The van der Waals surface area contributed by atoms with Gasteiger partial charge in [-0.15, -0.1) is 0 Å². The van der Waals surface area contributed by atoms with E-state index in [1.165, 1.54) is 19.3 Å². The predicted molar refractivity (Wildman–Crippen MR) is 74.8 cm³/mol. The van der Waals surface area contributed by atoms with Gasteiger partial charge in [-0.05, 0) is 37.0 Å². The fourth-order valence-electron chi connectivity index (χ4n) is 2.45. The van der Waals surface area contributed by atoms with E-state index in [-0.39, 0.29) is 11.9 Å². The first-order chi connectivity index (χ1) is 8.58. The van der Waals surface area contributed by atoms with Crippen LogP contribution in [0.1, 0.15) is 43.0 Å². The molecule has 4 heteroatoms. The van der Waals surface area contributed by atoms with Gasteiger partial charge in [-0.25, -0.2) is 0 Å². The number of nitrogens with two attached hydrogens (primary N) is 1. The number of nitrogens with one attached hydrogen (secondary N) is 1. The van der Waals surface area contributed by atoms with Crippen molar-refractivity contribution in [3.8, 4) is 0 Å². The minimum Gasteiger partial charge on any atom is -0.398 e. The molecule has 0 aliphatic heterocycles. The number of carbonyl (C=O) groups is 1. The highest BCUT2D eigenvalue weighted by molar-refractivity contribution is 6.33. The van der Waals surface area contributed by atoms with Crippen LogP contribution in [0.4, 0.5) is 5.69 Å². The standard InChI is InChI=1S/C14H19ClN2O/c1-9-4-2-3-5-13(9)17-14(18)10-6-7-12(16)11(15)8-10/h6-9,13H,2-5,16H2,1H3,(H,17,18). The van der Waals surface area contributed by atoms with Crippen LogP contribution in [0, 0.1) is 5.92 Å². The summed E-state index contributed by atoms with van der Waals surface area (Å²) in [5, 5.41) is 3.52. The van der Waals surface area contributed by atoms with Crippen molar-refractivity contribution in [1.82, 2.24) is 5.32 Å². The molecule has 1 aliphatic rings. The molecule has 0 spiro atoms. The molecule has 2 unspecified atom stereocenters. The number of halogens is 1. The van der Waals surface area contributed by atoms with Crippen molar-refractivity contribution < 1.29 is 4.79 Å². The Morgan fingerprint density at radius 1 is 1.39 bits per heavy atom. The quantitative estimate of drug-likeness (QED) is 0.808. The molecule has 98 valence electrons. The van der Waals surface area contributed by atoms with Crippen molar-refractivity contribution in [1.29, 1.82) is 0 Å². The molecule has 1 saturated carbocycles. The summed E-state index contributed by atoms with van der Waals surface area (Å²) in [6, 6.07) is 5.29. The molecule has 0 bridgehead atoms. The van der Waals surface area contributed by atoms with Crippen LogP contribution in [-0.2, 0) is 0 Å². The molecule has 0 heterocycles. The van der Waals surface area contributed by atoms with Gasteiger partial charge in [0.05, 0.1) is 10.7 Å². The van der Waals surface area contributed by atoms with Gasteiger partial charge in [0.2, 0.25) is 0 Å². The van der Waals surface area contributed by atoms with Crippen molar-refractivity contribution in [2.45, 2.75) is 38.6 Å². The lowest BCUT2D eigenvalue weighted by Gasteiger charge is -2.29. The van der Waals surface area contributed by atoms with E-state index in [1.807, 2.05) is 0 Å². The van der Waals surface area contributed by atoms with Gasteiger partial charge < -0.3 is 11.1 Å². The van der Waals surface area contributed by atoms with Crippen LogP contribution < -0.4 is 11.1 Å². The van der Waals surface area contributed by atoms with Crippen molar-refractivity contribution >= 4 is 23.2 Å². The highest BCUT2D eigenvalue weighted by Gasteiger charge is 2.23. The van der Waals surface area contributed by atoms with Crippen molar-refractivity contribution in [3.05, 3.63) is 28.8 Å². The summed E-state index contributed by atoms with van der Waals surface area (Å²) in [4.78, 5) is 12.1. The van der Waals surface area contributed by atoms with Crippen molar-refractivity contribution in [2.24, 2.45) is 5.92 Å². The minimum absolute atomic E-state index is 0.0596. The van der Waals surface area contributed by atoms with Crippen LogP contribution in [0.25, 0.3) is 0 Å². The number of rotatable bonds is 2. The molecular weight excluding hydrogens is 248 g/mol. The van der Waals surface area contributed by atoms with E-state index in [2.05, 4.69) is 12.2 Å². The second-order valence-electron chi connectivity index (χ2n) is 5.08. The molecule has 18 heavy (non-hydrogen) atoms. The Labute approximate surface area is 113 Å². The van der Waals surface area contributed by atoms with Crippen molar-refractivity contribution in [3.63, 3.8) is 0 Å². The molecule has 0 radical (unpaired) electrons. The van der Waals surface area contributed by atoms with E-state index < -0.39 is 0 Å². The molecule has 3 N–H and O–H groups in total. The van der Waals surface area contributed by atoms with Crippen LogP contribution in [-0.4, -0.2) is 11.9 Å². The summed E-state index contributed by atoms with van der Waals surface area (Å²) in [5.74, 6) is 0.489. The van der Waals surface area contributed by atoms with Crippen LogP contribution >= 0.6 is 11.6 Å². The van der Waals surface area contributed by atoms with Gasteiger partial charge in [0.15, 0.2) is 0 Å². The maximum atomic E-state index is 12.1. The predicted octanol–water partition coefficient (Wildman–Crippen LogP) is 3.23. The molecule has 2 rings (SSSR count). The number of nitrogen functional groups attached to an aromatic ring is 1. The monoisotopic (exact) mass is 266 g/mol.